The topological polar surface area (TPSA) is 41.5 Å². The smallest absolute Gasteiger partial charge is 0.0897 e. The van der Waals surface area contributed by atoms with Crippen molar-refractivity contribution in [3.63, 3.8) is 0 Å². The molecule has 3 heteroatoms. The molecule has 106 valence electrons. The summed E-state index contributed by atoms with van der Waals surface area (Å²) in [4.78, 5) is 0. The molecule has 0 heterocycles. The summed E-state index contributed by atoms with van der Waals surface area (Å²) in [6, 6.07) is 0. The molecule has 18 heavy (non-hydrogen) atoms. The Morgan fingerprint density at radius 3 is 2.50 bits per heavy atom. The molecule has 0 radical (unpaired) electrons. The van der Waals surface area contributed by atoms with Gasteiger partial charge in [-0.15, -0.1) is 0 Å². The van der Waals surface area contributed by atoms with E-state index in [9.17, 15) is 5.11 Å². The minimum atomic E-state index is -0.353. The van der Waals surface area contributed by atoms with E-state index in [4.69, 9.17) is 4.74 Å². The van der Waals surface area contributed by atoms with Crippen LogP contribution in [-0.4, -0.2) is 37.0 Å². The second-order valence-corrected chi connectivity index (χ2v) is 6.54. The first-order valence-electron chi connectivity index (χ1n) is 7.63. The molecule has 0 saturated heterocycles. The summed E-state index contributed by atoms with van der Waals surface area (Å²) in [5, 5.41) is 13.3. The lowest BCUT2D eigenvalue weighted by Crippen LogP contribution is -2.36. The molecule has 0 aromatic heterocycles. The average molecular weight is 255 g/mol. The molecule has 1 atom stereocenters. The molecule has 0 spiro atoms. The number of hydrogen-bond donors (Lipinski definition) is 2. The van der Waals surface area contributed by atoms with Crippen molar-refractivity contribution in [2.24, 2.45) is 11.3 Å². The van der Waals surface area contributed by atoms with Crippen molar-refractivity contribution < 1.29 is 9.84 Å². The van der Waals surface area contributed by atoms with Gasteiger partial charge in [0.05, 0.1) is 18.8 Å². The van der Waals surface area contributed by atoms with Crippen LogP contribution in [0.2, 0.25) is 0 Å². The summed E-state index contributed by atoms with van der Waals surface area (Å²) in [7, 11) is 0. The van der Waals surface area contributed by atoms with Gasteiger partial charge in [-0.1, -0.05) is 26.7 Å². The van der Waals surface area contributed by atoms with Crippen molar-refractivity contribution in [1.82, 2.24) is 5.32 Å². The van der Waals surface area contributed by atoms with Crippen molar-refractivity contribution in [2.75, 3.05) is 19.7 Å². The Kier molecular flexibility index (Phi) is 5.05. The quantitative estimate of drug-likeness (QED) is 0.699. The number of aliphatic hydroxyl groups excluding tert-OH is 1. The van der Waals surface area contributed by atoms with E-state index in [0.717, 1.165) is 12.5 Å². The fourth-order valence-electron chi connectivity index (χ4n) is 2.97. The normalized spacial score (nSPS) is 24.7. The highest BCUT2D eigenvalue weighted by Gasteiger charge is 2.44. The second-order valence-electron chi connectivity index (χ2n) is 6.54. The zero-order chi connectivity index (χ0) is 13.0. The minimum absolute atomic E-state index is 0.353. The van der Waals surface area contributed by atoms with Gasteiger partial charge in [0, 0.05) is 13.1 Å². The zero-order valence-electron chi connectivity index (χ0n) is 12.0. The first kappa shape index (κ1) is 14.3. The third-order valence-electron chi connectivity index (χ3n) is 4.80. The Morgan fingerprint density at radius 1 is 1.28 bits per heavy atom. The highest BCUT2D eigenvalue weighted by Crippen LogP contribution is 2.51. The number of ether oxygens (including phenoxy) is 1. The van der Waals surface area contributed by atoms with Crippen LogP contribution in [0.5, 0.6) is 0 Å². The predicted molar refractivity (Wildman–Crippen MR) is 73.6 cm³/mol. The van der Waals surface area contributed by atoms with Gasteiger partial charge in [-0.05, 0) is 37.0 Å². The number of rotatable bonds is 8. The van der Waals surface area contributed by atoms with Gasteiger partial charge in [0.1, 0.15) is 0 Å². The lowest BCUT2D eigenvalue weighted by Gasteiger charge is -2.22. The van der Waals surface area contributed by atoms with Gasteiger partial charge in [0.25, 0.3) is 0 Å². The third kappa shape index (κ3) is 3.94. The molecule has 0 amide bonds. The molecule has 2 aliphatic rings. The molecular weight excluding hydrogens is 226 g/mol. The Balaban J connectivity index is 1.53. The van der Waals surface area contributed by atoms with Gasteiger partial charge < -0.3 is 15.2 Å². The molecule has 2 aliphatic carbocycles. The molecule has 0 aliphatic heterocycles. The van der Waals surface area contributed by atoms with E-state index in [1.807, 2.05) is 0 Å². The van der Waals surface area contributed by atoms with Crippen LogP contribution in [0.3, 0.4) is 0 Å². The fourth-order valence-corrected chi connectivity index (χ4v) is 2.97. The van der Waals surface area contributed by atoms with E-state index < -0.39 is 0 Å². The molecule has 2 fully saturated rings. The summed E-state index contributed by atoms with van der Waals surface area (Å²) in [6.07, 6.45) is 7.66. The van der Waals surface area contributed by atoms with Crippen LogP contribution in [-0.2, 0) is 4.74 Å². The molecule has 0 aromatic rings. The maximum atomic E-state index is 9.88. The summed E-state index contributed by atoms with van der Waals surface area (Å²) < 4.78 is 5.72. The summed E-state index contributed by atoms with van der Waals surface area (Å²) in [6.45, 7) is 6.81. The summed E-state index contributed by atoms with van der Waals surface area (Å²) >= 11 is 0. The Morgan fingerprint density at radius 2 is 1.94 bits per heavy atom. The van der Waals surface area contributed by atoms with E-state index in [2.05, 4.69) is 19.2 Å². The highest BCUT2D eigenvalue weighted by molar-refractivity contribution is 4.97. The van der Waals surface area contributed by atoms with Gasteiger partial charge >= 0.3 is 0 Å². The number of aliphatic hydroxyl groups is 1. The monoisotopic (exact) mass is 255 g/mol. The van der Waals surface area contributed by atoms with Crippen molar-refractivity contribution in [1.29, 1.82) is 0 Å². The van der Waals surface area contributed by atoms with Crippen LogP contribution >= 0.6 is 0 Å². The van der Waals surface area contributed by atoms with Crippen LogP contribution in [0.4, 0.5) is 0 Å². The molecule has 2 saturated carbocycles. The summed E-state index contributed by atoms with van der Waals surface area (Å²) in [5.41, 5.74) is 0.520. The molecule has 2 N–H and O–H groups in total. The molecule has 2 rings (SSSR count). The molecule has 0 aromatic carbocycles. The molecule has 3 nitrogen and oxygen atoms in total. The van der Waals surface area contributed by atoms with Gasteiger partial charge in [-0.2, -0.15) is 0 Å². The standard InChI is InChI=1S/C15H29NO2/c1-12(2)15(7-8-15)11-16-9-13(17)10-18-14-5-3-4-6-14/h12-14,16-17H,3-11H2,1-2H3. The zero-order valence-corrected chi connectivity index (χ0v) is 12.0. The van der Waals surface area contributed by atoms with Crippen molar-refractivity contribution >= 4 is 0 Å². The van der Waals surface area contributed by atoms with E-state index >= 15 is 0 Å². The van der Waals surface area contributed by atoms with Crippen molar-refractivity contribution in [3.05, 3.63) is 0 Å². The van der Waals surface area contributed by atoms with Gasteiger partial charge in [0.2, 0.25) is 0 Å². The van der Waals surface area contributed by atoms with Crippen molar-refractivity contribution in [2.45, 2.75) is 64.6 Å². The predicted octanol–water partition coefficient (Wildman–Crippen LogP) is 2.33. The Labute approximate surface area is 111 Å². The fraction of sp³-hybridized carbons (Fsp3) is 1.00. The van der Waals surface area contributed by atoms with Crippen LogP contribution in [0.15, 0.2) is 0 Å². The van der Waals surface area contributed by atoms with Crippen LogP contribution in [0.25, 0.3) is 0 Å². The van der Waals surface area contributed by atoms with Crippen LogP contribution in [0.1, 0.15) is 52.4 Å². The van der Waals surface area contributed by atoms with Crippen LogP contribution in [0, 0.1) is 11.3 Å². The Hall–Kier alpha value is -0.120. The van der Waals surface area contributed by atoms with Crippen LogP contribution < -0.4 is 5.32 Å². The van der Waals surface area contributed by atoms with E-state index in [-0.39, 0.29) is 6.10 Å². The maximum Gasteiger partial charge on any atom is 0.0897 e. The second kappa shape index (κ2) is 6.36. The van der Waals surface area contributed by atoms with E-state index in [1.54, 1.807) is 0 Å². The largest absolute Gasteiger partial charge is 0.389 e. The average Bonchev–Trinajstić information content (AvgIpc) is 2.95. The third-order valence-corrected chi connectivity index (χ3v) is 4.80. The van der Waals surface area contributed by atoms with Gasteiger partial charge in [0.15, 0.2) is 0 Å². The lowest BCUT2D eigenvalue weighted by atomic mass is 9.92. The highest BCUT2D eigenvalue weighted by atomic mass is 16.5. The number of nitrogens with one attached hydrogen (secondary N) is 1. The van der Waals surface area contributed by atoms with Crippen molar-refractivity contribution in [3.8, 4) is 0 Å². The van der Waals surface area contributed by atoms with Gasteiger partial charge in [-0.25, -0.2) is 0 Å². The number of hydrogen-bond acceptors (Lipinski definition) is 3. The first-order valence-corrected chi connectivity index (χ1v) is 7.63. The van der Waals surface area contributed by atoms with Gasteiger partial charge in [-0.3, -0.25) is 0 Å². The van der Waals surface area contributed by atoms with E-state index in [0.29, 0.717) is 24.7 Å². The minimum Gasteiger partial charge on any atom is -0.389 e. The first-order chi connectivity index (χ1) is 8.62. The molecule has 0 bridgehead atoms. The van der Waals surface area contributed by atoms with E-state index in [1.165, 1.54) is 38.5 Å². The molecular formula is C15H29NO2. The Bertz CT molecular complexity index is 245. The maximum absolute atomic E-state index is 9.88. The summed E-state index contributed by atoms with van der Waals surface area (Å²) in [5.74, 6) is 0.747. The SMILES string of the molecule is CC(C)C1(CNCC(O)COC2CCCC2)CC1. The lowest BCUT2D eigenvalue weighted by molar-refractivity contribution is -0.00587. The molecule has 1 unspecified atom stereocenters.